The molecule has 3 N–H and O–H groups in total. The van der Waals surface area contributed by atoms with Crippen molar-refractivity contribution in [1.82, 2.24) is 9.88 Å². The summed E-state index contributed by atoms with van der Waals surface area (Å²) < 4.78 is 2.07. The number of benzene rings is 1. The van der Waals surface area contributed by atoms with Gasteiger partial charge in [0.15, 0.2) is 0 Å². The van der Waals surface area contributed by atoms with Gasteiger partial charge in [0, 0.05) is 29.2 Å². The Kier molecular flexibility index (Phi) is 6.69. The van der Waals surface area contributed by atoms with Crippen LogP contribution in [0.3, 0.4) is 0 Å². The highest BCUT2D eigenvalue weighted by atomic mass is 35.5. The first-order valence-corrected chi connectivity index (χ1v) is 8.79. The van der Waals surface area contributed by atoms with Crippen molar-refractivity contribution in [2.75, 3.05) is 0 Å². The lowest BCUT2D eigenvalue weighted by molar-refractivity contribution is -0.122. The van der Waals surface area contributed by atoms with Gasteiger partial charge in [-0.1, -0.05) is 38.0 Å². The molecule has 2 aromatic rings. The summed E-state index contributed by atoms with van der Waals surface area (Å²) in [4.78, 5) is 12.3. The van der Waals surface area contributed by atoms with Gasteiger partial charge in [0.05, 0.1) is 0 Å². The predicted molar refractivity (Wildman–Crippen MR) is 102 cm³/mol. The lowest BCUT2D eigenvalue weighted by Crippen LogP contribution is -2.35. The van der Waals surface area contributed by atoms with Gasteiger partial charge in [-0.05, 0) is 37.3 Å². The van der Waals surface area contributed by atoms with E-state index in [2.05, 4.69) is 35.1 Å². The molecule has 5 heteroatoms. The molecule has 3 rings (SSSR count). The fourth-order valence-corrected chi connectivity index (χ4v) is 3.54. The molecule has 0 saturated heterocycles. The average Bonchev–Trinajstić information content (AvgIpc) is 3.16. The fourth-order valence-electron chi connectivity index (χ4n) is 3.54. The molecule has 4 nitrogen and oxygen atoms in total. The Hall–Kier alpha value is -1.52. The second kappa shape index (κ2) is 8.54. The molecule has 1 aromatic heterocycles. The number of nitrogens with one attached hydrogen (secondary N) is 1. The van der Waals surface area contributed by atoms with Crippen LogP contribution in [0.25, 0.3) is 10.9 Å². The van der Waals surface area contributed by atoms with E-state index < -0.39 is 0 Å². The highest BCUT2D eigenvalue weighted by molar-refractivity contribution is 5.86. The maximum absolute atomic E-state index is 12.3. The molecule has 1 unspecified atom stereocenters. The van der Waals surface area contributed by atoms with E-state index in [4.69, 9.17) is 5.73 Å². The largest absolute Gasteiger partial charge is 0.352 e. The number of nitrogens with zero attached hydrogens (tertiary/aromatic N) is 1. The highest BCUT2D eigenvalue weighted by Gasteiger charge is 2.18. The van der Waals surface area contributed by atoms with Gasteiger partial charge >= 0.3 is 0 Å². The summed E-state index contributed by atoms with van der Waals surface area (Å²) in [7, 11) is 0. The Morgan fingerprint density at radius 3 is 2.75 bits per heavy atom. The molecule has 0 spiro atoms. The predicted octanol–water partition coefficient (Wildman–Crippen LogP) is 3.40. The molecular formula is C19H28ClN3O. The first kappa shape index (κ1) is 18.8. The van der Waals surface area contributed by atoms with Crippen LogP contribution < -0.4 is 11.1 Å². The maximum atomic E-state index is 12.3. The van der Waals surface area contributed by atoms with Crippen LogP contribution >= 0.6 is 12.4 Å². The molecule has 0 bridgehead atoms. The molecule has 1 saturated carbocycles. The molecule has 24 heavy (non-hydrogen) atoms. The second-order valence-corrected chi connectivity index (χ2v) is 6.72. The van der Waals surface area contributed by atoms with Crippen LogP contribution in [0.4, 0.5) is 0 Å². The summed E-state index contributed by atoms with van der Waals surface area (Å²) in [6, 6.07) is 8.82. The van der Waals surface area contributed by atoms with Crippen molar-refractivity contribution in [1.29, 1.82) is 0 Å². The third-order valence-corrected chi connectivity index (χ3v) is 4.91. The third kappa shape index (κ3) is 4.31. The zero-order valence-corrected chi connectivity index (χ0v) is 15.1. The summed E-state index contributed by atoms with van der Waals surface area (Å²) in [6.45, 7) is 2.50. The lowest BCUT2D eigenvalue weighted by Gasteiger charge is -2.12. The normalized spacial score (nSPS) is 16.1. The van der Waals surface area contributed by atoms with Crippen molar-refractivity contribution in [3.8, 4) is 0 Å². The van der Waals surface area contributed by atoms with Crippen LogP contribution in [0.15, 0.2) is 30.5 Å². The first-order valence-electron chi connectivity index (χ1n) is 8.79. The van der Waals surface area contributed by atoms with Gasteiger partial charge in [-0.15, -0.1) is 12.4 Å². The van der Waals surface area contributed by atoms with Crippen LogP contribution in [-0.2, 0) is 17.8 Å². The fraction of sp³-hybridized carbons (Fsp3) is 0.526. The van der Waals surface area contributed by atoms with Crippen LogP contribution in [0.5, 0.6) is 0 Å². The SMILES string of the molecule is CCC(N)Cc1cn(CC(=O)NC2CCCC2)c2ccccc12.Cl. The number of halogens is 1. The molecule has 1 aromatic carbocycles. The van der Waals surface area contributed by atoms with Gasteiger partial charge < -0.3 is 15.6 Å². The quantitative estimate of drug-likeness (QED) is 0.839. The molecule has 1 atom stereocenters. The molecule has 1 aliphatic rings. The Balaban J connectivity index is 0.00000208. The van der Waals surface area contributed by atoms with E-state index in [1.807, 2.05) is 12.1 Å². The molecule has 1 heterocycles. The number of para-hydroxylation sites is 1. The number of aromatic nitrogens is 1. The summed E-state index contributed by atoms with van der Waals surface area (Å²) in [5.41, 5.74) is 8.48. The maximum Gasteiger partial charge on any atom is 0.240 e. The zero-order chi connectivity index (χ0) is 16.2. The van der Waals surface area contributed by atoms with E-state index in [0.717, 1.165) is 31.2 Å². The highest BCUT2D eigenvalue weighted by Crippen LogP contribution is 2.23. The standard InChI is InChI=1S/C19H27N3O.ClH/c1-2-15(20)11-14-12-22(18-10-6-5-9-17(14)18)13-19(23)21-16-7-3-4-8-16;/h5-6,9-10,12,15-16H,2-4,7-8,11,13,20H2,1H3,(H,21,23);1H. The smallest absolute Gasteiger partial charge is 0.240 e. The Bertz CT molecular complexity index is 676. The average molecular weight is 350 g/mol. The minimum atomic E-state index is 0. The van der Waals surface area contributed by atoms with Gasteiger partial charge in [-0.2, -0.15) is 0 Å². The molecule has 132 valence electrons. The van der Waals surface area contributed by atoms with Crippen LogP contribution in [-0.4, -0.2) is 22.6 Å². The second-order valence-electron chi connectivity index (χ2n) is 6.72. The minimum Gasteiger partial charge on any atom is -0.352 e. The van der Waals surface area contributed by atoms with Gasteiger partial charge in [0.25, 0.3) is 0 Å². The number of fused-ring (bicyclic) bond motifs is 1. The molecule has 0 aliphatic heterocycles. The van der Waals surface area contributed by atoms with Crippen LogP contribution in [0.2, 0.25) is 0 Å². The summed E-state index contributed by atoms with van der Waals surface area (Å²) >= 11 is 0. The number of rotatable bonds is 6. The van der Waals surface area contributed by atoms with Gasteiger partial charge in [-0.3, -0.25) is 4.79 Å². The summed E-state index contributed by atoms with van der Waals surface area (Å²) in [6.07, 6.45) is 8.63. The number of nitrogens with two attached hydrogens (primary N) is 1. The lowest BCUT2D eigenvalue weighted by atomic mass is 10.0. The van der Waals surface area contributed by atoms with Crippen LogP contribution in [0.1, 0.15) is 44.6 Å². The Morgan fingerprint density at radius 2 is 2.04 bits per heavy atom. The van der Waals surface area contributed by atoms with E-state index in [9.17, 15) is 4.79 Å². The minimum absolute atomic E-state index is 0. The van der Waals surface area contributed by atoms with Gasteiger partial charge in [0.2, 0.25) is 5.91 Å². The van der Waals surface area contributed by atoms with Crippen molar-refractivity contribution in [2.24, 2.45) is 5.73 Å². The number of hydrogen-bond donors (Lipinski definition) is 2. The van der Waals surface area contributed by atoms with E-state index >= 15 is 0 Å². The van der Waals surface area contributed by atoms with Crippen molar-refractivity contribution >= 4 is 29.2 Å². The van der Waals surface area contributed by atoms with E-state index in [-0.39, 0.29) is 24.4 Å². The molecule has 0 radical (unpaired) electrons. The molecular weight excluding hydrogens is 322 g/mol. The van der Waals surface area contributed by atoms with E-state index in [0.29, 0.717) is 12.6 Å². The van der Waals surface area contributed by atoms with Crippen molar-refractivity contribution in [3.63, 3.8) is 0 Å². The molecule has 1 fully saturated rings. The van der Waals surface area contributed by atoms with Crippen LogP contribution in [0, 0.1) is 0 Å². The number of hydrogen-bond acceptors (Lipinski definition) is 2. The zero-order valence-electron chi connectivity index (χ0n) is 14.3. The van der Waals surface area contributed by atoms with E-state index in [1.54, 1.807) is 0 Å². The Morgan fingerprint density at radius 1 is 1.33 bits per heavy atom. The van der Waals surface area contributed by atoms with Gasteiger partial charge in [-0.25, -0.2) is 0 Å². The first-order chi connectivity index (χ1) is 11.2. The topological polar surface area (TPSA) is 60.0 Å². The summed E-state index contributed by atoms with van der Waals surface area (Å²) in [5.74, 6) is 0.115. The summed E-state index contributed by atoms with van der Waals surface area (Å²) in [5, 5.41) is 4.38. The molecule has 1 aliphatic carbocycles. The molecule has 1 amide bonds. The third-order valence-electron chi connectivity index (χ3n) is 4.91. The van der Waals surface area contributed by atoms with Crippen molar-refractivity contribution in [3.05, 3.63) is 36.0 Å². The number of carbonyl (C=O) groups excluding carboxylic acids is 1. The van der Waals surface area contributed by atoms with Gasteiger partial charge in [0.1, 0.15) is 6.54 Å². The Labute approximate surface area is 150 Å². The number of carbonyl (C=O) groups is 1. The van der Waals surface area contributed by atoms with E-state index in [1.165, 1.54) is 23.8 Å². The van der Waals surface area contributed by atoms with Crippen molar-refractivity contribution in [2.45, 2.75) is 64.1 Å². The monoisotopic (exact) mass is 349 g/mol. The number of amides is 1. The van der Waals surface area contributed by atoms with Crippen molar-refractivity contribution < 1.29 is 4.79 Å².